The predicted octanol–water partition coefficient (Wildman–Crippen LogP) is 2.61. The Morgan fingerprint density at radius 3 is 2.41 bits per heavy atom. The number of hydrogen-bond acceptors (Lipinski definition) is 4. The molecule has 2 aliphatic heterocycles. The van der Waals surface area contributed by atoms with Crippen LogP contribution < -0.4 is 9.80 Å². The zero-order chi connectivity index (χ0) is 15.4. The van der Waals surface area contributed by atoms with Crippen molar-refractivity contribution >= 4 is 22.6 Å². The second-order valence-electron chi connectivity index (χ2n) is 6.14. The monoisotopic (exact) mass is 322 g/mol. The van der Waals surface area contributed by atoms with Crippen molar-refractivity contribution in [3.8, 4) is 0 Å². The number of rotatable bonds is 3. The van der Waals surface area contributed by atoms with Gasteiger partial charge >= 0.3 is 0 Å². The van der Waals surface area contributed by atoms with Crippen molar-refractivity contribution in [2.24, 2.45) is 0 Å². The van der Waals surface area contributed by atoms with Crippen molar-refractivity contribution in [2.45, 2.75) is 31.9 Å². The molecule has 3 rings (SSSR count). The van der Waals surface area contributed by atoms with Gasteiger partial charge in [-0.25, -0.2) is 0 Å². The Kier molecular flexibility index (Phi) is 5.50. The summed E-state index contributed by atoms with van der Waals surface area (Å²) in [7, 11) is 2.11. The van der Waals surface area contributed by atoms with E-state index < -0.39 is 11.2 Å². The summed E-state index contributed by atoms with van der Waals surface area (Å²) in [6.07, 6.45) is 4.53. The molecule has 2 aliphatic rings. The fourth-order valence-electron chi connectivity index (χ4n) is 3.24. The summed E-state index contributed by atoms with van der Waals surface area (Å²) in [6, 6.07) is 8.79. The number of benzene rings is 1. The number of ether oxygens (including phenoxy) is 1. The normalized spacial score (nSPS) is 24.1. The highest BCUT2D eigenvalue weighted by atomic mass is 32.2. The highest BCUT2D eigenvalue weighted by Gasteiger charge is 2.21. The molecule has 1 aromatic rings. The summed E-state index contributed by atoms with van der Waals surface area (Å²) in [5.41, 5.74) is 2.49. The van der Waals surface area contributed by atoms with Crippen molar-refractivity contribution in [1.82, 2.24) is 0 Å². The molecule has 122 valence electrons. The Hall–Kier alpha value is -0.910. The molecule has 0 saturated carbocycles. The summed E-state index contributed by atoms with van der Waals surface area (Å²) >= 11 is -0.599. The third kappa shape index (κ3) is 3.89. The van der Waals surface area contributed by atoms with Crippen LogP contribution in [-0.4, -0.2) is 49.0 Å². The van der Waals surface area contributed by atoms with Gasteiger partial charge in [-0.15, -0.1) is 0 Å². The molecular formula is C17H26N2O2S. The third-order valence-corrected chi connectivity index (χ3v) is 6.05. The second-order valence-corrected chi connectivity index (χ2v) is 7.83. The van der Waals surface area contributed by atoms with E-state index in [9.17, 15) is 4.55 Å². The molecule has 22 heavy (non-hydrogen) atoms. The van der Waals surface area contributed by atoms with E-state index in [-0.39, 0.29) is 6.23 Å². The smallest absolute Gasteiger partial charge is 0.129 e. The van der Waals surface area contributed by atoms with Crippen LogP contribution in [0.3, 0.4) is 0 Å². The number of nitrogens with zero attached hydrogens (tertiary/aromatic N) is 2. The van der Waals surface area contributed by atoms with Crippen LogP contribution in [0.2, 0.25) is 0 Å². The summed E-state index contributed by atoms with van der Waals surface area (Å²) in [6.45, 7) is 2.89. The molecule has 0 aliphatic carbocycles. The standard InChI is InChI=1S/C17H26N2O2S/c1-18(17-5-2-12-21-17)15-6-8-16(9-7-15)19-10-3-13-22(20)14-4-11-19/h6-9,17H,2-5,10-14H2,1H3. The lowest BCUT2D eigenvalue weighted by molar-refractivity contribution is 0.111. The zero-order valence-corrected chi connectivity index (χ0v) is 14.2. The van der Waals surface area contributed by atoms with Crippen LogP contribution in [0.15, 0.2) is 24.3 Å². The number of anilines is 2. The SMILES string of the molecule is CN(c1ccc(N2CCC[S+]([O-])CCC2)cc1)C1CCCO1. The van der Waals surface area contributed by atoms with Gasteiger partial charge in [0.15, 0.2) is 0 Å². The maximum Gasteiger partial charge on any atom is 0.129 e. The molecule has 2 saturated heterocycles. The molecule has 1 unspecified atom stereocenters. The van der Waals surface area contributed by atoms with Gasteiger partial charge in [-0.1, -0.05) is 11.2 Å². The molecule has 0 spiro atoms. The quantitative estimate of drug-likeness (QED) is 0.802. The first-order valence-corrected chi connectivity index (χ1v) is 9.77. The first kappa shape index (κ1) is 16.0. The van der Waals surface area contributed by atoms with Crippen LogP contribution in [0.1, 0.15) is 25.7 Å². The van der Waals surface area contributed by atoms with Crippen molar-refractivity contribution in [1.29, 1.82) is 0 Å². The molecular weight excluding hydrogens is 296 g/mol. The highest BCUT2D eigenvalue weighted by molar-refractivity contribution is 7.91. The average molecular weight is 322 g/mol. The molecule has 1 atom stereocenters. The van der Waals surface area contributed by atoms with Crippen LogP contribution in [0.5, 0.6) is 0 Å². The predicted molar refractivity (Wildman–Crippen MR) is 93.1 cm³/mol. The molecule has 2 fully saturated rings. The molecule has 0 radical (unpaired) electrons. The van der Waals surface area contributed by atoms with Gasteiger partial charge in [0.1, 0.15) is 17.7 Å². The average Bonchev–Trinajstić information content (AvgIpc) is 3.05. The fraction of sp³-hybridized carbons (Fsp3) is 0.647. The van der Waals surface area contributed by atoms with Gasteiger partial charge in [-0.2, -0.15) is 0 Å². The molecule has 0 amide bonds. The first-order chi connectivity index (χ1) is 10.7. The van der Waals surface area contributed by atoms with Crippen molar-refractivity contribution in [3.63, 3.8) is 0 Å². The lowest BCUT2D eigenvalue weighted by Crippen LogP contribution is -2.32. The minimum absolute atomic E-state index is 0.225. The molecule has 0 bridgehead atoms. The minimum atomic E-state index is -0.599. The van der Waals surface area contributed by atoms with E-state index in [0.717, 1.165) is 56.9 Å². The largest absolute Gasteiger partial charge is 0.616 e. The Morgan fingerprint density at radius 2 is 1.82 bits per heavy atom. The first-order valence-electron chi connectivity index (χ1n) is 8.28. The third-order valence-electron chi connectivity index (χ3n) is 4.56. The van der Waals surface area contributed by atoms with Crippen LogP contribution >= 0.6 is 0 Å². The van der Waals surface area contributed by atoms with E-state index in [0.29, 0.717) is 0 Å². The van der Waals surface area contributed by atoms with E-state index in [1.807, 2.05) is 0 Å². The van der Waals surface area contributed by atoms with Crippen LogP contribution in [0, 0.1) is 0 Å². The van der Waals surface area contributed by atoms with E-state index in [1.165, 1.54) is 11.4 Å². The van der Waals surface area contributed by atoms with Gasteiger partial charge in [0.05, 0.1) is 0 Å². The van der Waals surface area contributed by atoms with Gasteiger partial charge in [-0.3, -0.25) is 0 Å². The van der Waals surface area contributed by atoms with E-state index in [4.69, 9.17) is 4.74 Å². The van der Waals surface area contributed by atoms with Crippen LogP contribution in [-0.2, 0) is 15.9 Å². The lowest BCUT2D eigenvalue weighted by Gasteiger charge is -2.29. The molecule has 0 aromatic heterocycles. The summed E-state index contributed by atoms with van der Waals surface area (Å²) < 4.78 is 17.3. The summed E-state index contributed by atoms with van der Waals surface area (Å²) in [4.78, 5) is 4.65. The van der Waals surface area contributed by atoms with Gasteiger partial charge in [0, 0.05) is 51.0 Å². The molecule has 5 heteroatoms. The van der Waals surface area contributed by atoms with E-state index in [1.54, 1.807) is 0 Å². The van der Waals surface area contributed by atoms with Gasteiger partial charge in [0.2, 0.25) is 0 Å². The highest BCUT2D eigenvalue weighted by Crippen LogP contribution is 2.25. The van der Waals surface area contributed by atoms with Crippen molar-refractivity contribution < 1.29 is 9.29 Å². The van der Waals surface area contributed by atoms with Crippen LogP contribution in [0.4, 0.5) is 11.4 Å². The minimum Gasteiger partial charge on any atom is -0.616 e. The Bertz CT molecular complexity index is 452. The fourth-order valence-corrected chi connectivity index (χ4v) is 4.34. The summed E-state index contributed by atoms with van der Waals surface area (Å²) in [5, 5.41) is 0. The van der Waals surface area contributed by atoms with Crippen molar-refractivity contribution in [2.75, 3.05) is 48.0 Å². The second kappa shape index (κ2) is 7.57. The van der Waals surface area contributed by atoms with Crippen molar-refractivity contribution in [3.05, 3.63) is 24.3 Å². The summed E-state index contributed by atoms with van der Waals surface area (Å²) in [5.74, 6) is 1.69. The topological polar surface area (TPSA) is 38.8 Å². The molecule has 1 aromatic carbocycles. The lowest BCUT2D eigenvalue weighted by atomic mass is 10.2. The maximum absolute atomic E-state index is 11.6. The van der Waals surface area contributed by atoms with Gasteiger partial charge in [-0.05, 0) is 37.1 Å². The zero-order valence-electron chi connectivity index (χ0n) is 13.4. The van der Waals surface area contributed by atoms with E-state index in [2.05, 4.69) is 41.1 Å². The number of hydrogen-bond donors (Lipinski definition) is 0. The maximum atomic E-state index is 11.6. The van der Waals surface area contributed by atoms with E-state index >= 15 is 0 Å². The van der Waals surface area contributed by atoms with Gasteiger partial charge in [0.25, 0.3) is 0 Å². The molecule has 0 N–H and O–H groups in total. The van der Waals surface area contributed by atoms with Crippen LogP contribution in [0.25, 0.3) is 0 Å². The Labute approximate surface area is 136 Å². The molecule has 2 heterocycles. The molecule has 4 nitrogen and oxygen atoms in total. The Morgan fingerprint density at radius 1 is 1.14 bits per heavy atom. The Balaban J connectivity index is 1.62. The van der Waals surface area contributed by atoms with Gasteiger partial charge < -0.3 is 19.1 Å².